The van der Waals surface area contributed by atoms with Crippen molar-refractivity contribution in [3.63, 3.8) is 0 Å². The van der Waals surface area contributed by atoms with Crippen molar-refractivity contribution in [3.8, 4) is 11.8 Å². The Balaban J connectivity index is 2.31. The fourth-order valence-corrected chi connectivity index (χ4v) is 2.39. The number of aromatic nitrogens is 3. The predicted molar refractivity (Wildman–Crippen MR) is 77.8 cm³/mol. The first kappa shape index (κ1) is 13.5. The lowest BCUT2D eigenvalue weighted by molar-refractivity contribution is 0.623. The zero-order valence-corrected chi connectivity index (χ0v) is 11.9. The molecule has 0 radical (unpaired) electrons. The molecule has 0 unspecified atom stereocenters. The maximum absolute atomic E-state index is 13.5. The van der Waals surface area contributed by atoms with E-state index in [-0.39, 0.29) is 11.4 Å². The Bertz CT molecular complexity index is 879. The van der Waals surface area contributed by atoms with E-state index in [4.69, 9.17) is 16.9 Å². The summed E-state index contributed by atoms with van der Waals surface area (Å²) in [5.74, 6) is 0.233. The molecule has 2 heterocycles. The quantitative estimate of drug-likeness (QED) is 0.681. The minimum atomic E-state index is -0.554. The fraction of sp³-hybridized carbons (Fsp3) is 0.133. The number of halogens is 2. The summed E-state index contributed by atoms with van der Waals surface area (Å²) in [6, 6.07) is 8.04. The molecule has 0 saturated carbocycles. The molecule has 0 aliphatic carbocycles. The van der Waals surface area contributed by atoms with Crippen LogP contribution in [0.4, 0.5) is 4.39 Å². The summed E-state index contributed by atoms with van der Waals surface area (Å²) >= 11 is 5.95. The van der Waals surface area contributed by atoms with Gasteiger partial charge in [0, 0.05) is 6.20 Å². The third kappa shape index (κ3) is 2.24. The zero-order valence-electron chi connectivity index (χ0n) is 11.1. The average molecular weight is 301 g/mol. The fourth-order valence-electron chi connectivity index (χ4n) is 2.21. The summed E-state index contributed by atoms with van der Waals surface area (Å²) in [4.78, 5) is 8.81. The van der Waals surface area contributed by atoms with Gasteiger partial charge in [-0.15, -0.1) is 11.6 Å². The van der Waals surface area contributed by atoms with Gasteiger partial charge < -0.3 is 0 Å². The van der Waals surface area contributed by atoms with Crippen LogP contribution in [0, 0.1) is 24.1 Å². The van der Waals surface area contributed by atoms with Gasteiger partial charge in [0.25, 0.3) is 0 Å². The van der Waals surface area contributed by atoms with Gasteiger partial charge in [-0.3, -0.25) is 4.57 Å². The lowest BCUT2D eigenvalue weighted by atomic mass is 10.2. The number of imidazole rings is 1. The number of hydrogen-bond donors (Lipinski definition) is 0. The van der Waals surface area contributed by atoms with Crippen molar-refractivity contribution in [1.29, 1.82) is 5.26 Å². The monoisotopic (exact) mass is 300 g/mol. The number of pyridine rings is 1. The van der Waals surface area contributed by atoms with Gasteiger partial charge in [-0.25, -0.2) is 14.4 Å². The smallest absolute Gasteiger partial charge is 0.164 e. The predicted octanol–water partition coefficient (Wildman–Crippen LogP) is 3.48. The summed E-state index contributed by atoms with van der Waals surface area (Å²) < 4.78 is 15.2. The molecule has 1 aromatic carbocycles. The summed E-state index contributed by atoms with van der Waals surface area (Å²) in [6.07, 6.45) is 1.73. The minimum absolute atomic E-state index is 0.0259. The highest BCUT2D eigenvalue weighted by atomic mass is 35.5. The van der Waals surface area contributed by atoms with E-state index in [9.17, 15) is 4.39 Å². The maximum atomic E-state index is 13.5. The van der Waals surface area contributed by atoms with Gasteiger partial charge in [0.15, 0.2) is 5.65 Å². The minimum Gasteiger partial charge on any atom is -0.280 e. The number of nitrogens with zero attached hydrogens (tertiary/aromatic N) is 4. The Morgan fingerprint density at radius 1 is 1.38 bits per heavy atom. The molecule has 0 fully saturated rings. The number of hydrogen-bond acceptors (Lipinski definition) is 3. The van der Waals surface area contributed by atoms with E-state index < -0.39 is 5.82 Å². The molecule has 4 nitrogen and oxygen atoms in total. The van der Waals surface area contributed by atoms with Crippen molar-refractivity contribution in [1.82, 2.24) is 14.5 Å². The summed E-state index contributed by atoms with van der Waals surface area (Å²) in [6.45, 7) is 1.93. The summed E-state index contributed by atoms with van der Waals surface area (Å²) in [7, 11) is 0. The number of benzene rings is 1. The van der Waals surface area contributed by atoms with Crippen LogP contribution in [0.5, 0.6) is 0 Å². The van der Waals surface area contributed by atoms with Crippen molar-refractivity contribution >= 4 is 22.8 Å². The zero-order chi connectivity index (χ0) is 15.0. The first-order valence-electron chi connectivity index (χ1n) is 6.24. The van der Waals surface area contributed by atoms with E-state index in [2.05, 4.69) is 9.97 Å². The molecule has 104 valence electrons. The summed E-state index contributed by atoms with van der Waals surface area (Å²) in [5.41, 5.74) is 2.93. The van der Waals surface area contributed by atoms with Crippen LogP contribution >= 0.6 is 11.6 Å². The Hall–Kier alpha value is -2.45. The number of alkyl halides is 1. The van der Waals surface area contributed by atoms with Crippen molar-refractivity contribution in [2.75, 3.05) is 0 Å². The van der Waals surface area contributed by atoms with E-state index >= 15 is 0 Å². The van der Waals surface area contributed by atoms with Gasteiger partial charge in [0.05, 0.1) is 17.1 Å². The average Bonchev–Trinajstić information content (AvgIpc) is 2.85. The van der Waals surface area contributed by atoms with Crippen molar-refractivity contribution < 1.29 is 4.39 Å². The lowest BCUT2D eigenvalue weighted by Gasteiger charge is -2.07. The van der Waals surface area contributed by atoms with Gasteiger partial charge in [-0.05, 0) is 36.8 Å². The highest BCUT2D eigenvalue weighted by molar-refractivity contribution is 6.16. The molecule has 6 heteroatoms. The lowest BCUT2D eigenvalue weighted by Crippen LogP contribution is -2.01. The number of rotatable bonds is 2. The second kappa shape index (κ2) is 5.15. The molecule has 0 spiro atoms. The molecule has 21 heavy (non-hydrogen) atoms. The molecule has 0 N–H and O–H groups in total. The van der Waals surface area contributed by atoms with Crippen LogP contribution < -0.4 is 0 Å². The molecule has 3 aromatic rings. The molecule has 0 aliphatic heterocycles. The molecule has 3 rings (SSSR count). The largest absolute Gasteiger partial charge is 0.280 e. The van der Waals surface area contributed by atoms with Gasteiger partial charge in [-0.2, -0.15) is 5.26 Å². The normalized spacial score (nSPS) is 10.8. The van der Waals surface area contributed by atoms with Crippen LogP contribution in [0.2, 0.25) is 0 Å². The highest BCUT2D eigenvalue weighted by Gasteiger charge is 2.14. The van der Waals surface area contributed by atoms with Crippen molar-refractivity contribution in [2.24, 2.45) is 0 Å². The topological polar surface area (TPSA) is 54.5 Å². The van der Waals surface area contributed by atoms with Crippen molar-refractivity contribution in [2.45, 2.75) is 12.8 Å². The van der Waals surface area contributed by atoms with Gasteiger partial charge in [-0.1, -0.05) is 0 Å². The van der Waals surface area contributed by atoms with E-state index in [0.717, 1.165) is 5.56 Å². The Labute approximate surface area is 125 Å². The molecule has 2 aromatic heterocycles. The maximum Gasteiger partial charge on any atom is 0.164 e. The number of aryl methyl sites for hydroxylation is 1. The number of nitriles is 1. The van der Waals surface area contributed by atoms with E-state index in [1.54, 1.807) is 16.8 Å². The first-order chi connectivity index (χ1) is 10.1. The highest BCUT2D eigenvalue weighted by Crippen LogP contribution is 2.23. The van der Waals surface area contributed by atoms with Gasteiger partial charge >= 0.3 is 0 Å². The molecule has 0 amide bonds. The van der Waals surface area contributed by atoms with E-state index in [1.807, 2.05) is 19.1 Å². The van der Waals surface area contributed by atoms with Gasteiger partial charge in [0.1, 0.15) is 23.2 Å². The molecule has 0 atom stereocenters. The Morgan fingerprint density at radius 2 is 2.19 bits per heavy atom. The van der Waals surface area contributed by atoms with Crippen LogP contribution in [-0.4, -0.2) is 14.5 Å². The third-order valence-corrected chi connectivity index (χ3v) is 3.39. The van der Waals surface area contributed by atoms with Crippen LogP contribution in [0.15, 0.2) is 30.5 Å². The molecule has 0 bridgehead atoms. The van der Waals surface area contributed by atoms with Crippen LogP contribution in [-0.2, 0) is 5.88 Å². The molecular weight excluding hydrogens is 291 g/mol. The molecule has 0 aliphatic rings. The van der Waals surface area contributed by atoms with Crippen molar-refractivity contribution in [3.05, 3.63) is 53.2 Å². The van der Waals surface area contributed by atoms with E-state index in [0.29, 0.717) is 22.7 Å². The molecule has 0 saturated heterocycles. The number of fused-ring (bicyclic) bond motifs is 1. The van der Waals surface area contributed by atoms with Crippen LogP contribution in [0.1, 0.15) is 17.0 Å². The second-order valence-corrected chi connectivity index (χ2v) is 4.90. The van der Waals surface area contributed by atoms with E-state index in [1.165, 1.54) is 12.1 Å². The SMILES string of the molecule is Cc1cnc2c(c1)nc(CCl)n2-c1ccc(F)c(C#N)c1. The first-order valence-corrected chi connectivity index (χ1v) is 6.77. The standard InChI is InChI=1S/C15H10ClFN4/c1-9-4-13-15(19-8-9)21(14(6-16)20-13)11-2-3-12(17)10(5-11)7-18/h2-5,8H,6H2,1H3. The Morgan fingerprint density at radius 3 is 2.90 bits per heavy atom. The van der Waals surface area contributed by atoms with Gasteiger partial charge in [0.2, 0.25) is 0 Å². The summed E-state index contributed by atoms with van der Waals surface area (Å²) in [5, 5.41) is 8.96. The second-order valence-electron chi connectivity index (χ2n) is 4.63. The Kier molecular flexibility index (Phi) is 3.32. The third-order valence-electron chi connectivity index (χ3n) is 3.15. The molecular formula is C15H10ClFN4. The van der Waals surface area contributed by atoms with Crippen LogP contribution in [0.25, 0.3) is 16.9 Å². The van der Waals surface area contributed by atoms with Crippen LogP contribution in [0.3, 0.4) is 0 Å².